The maximum atomic E-state index is 11.6. The number of oxazole rings is 2. The second-order valence-corrected chi connectivity index (χ2v) is 7.65. The zero-order valence-corrected chi connectivity index (χ0v) is 19.5. The molecule has 0 aliphatic carbocycles. The predicted molar refractivity (Wildman–Crippen MR) is 129 cm³/mol. The van der Waals surface area contributed by atoms with Crippen LogP contribution in [-0.4, -0.2) is 28.9 Å². The molecule has 0 amide bonds. The van der Waals surface area contributed by atoms with E-state index < -0.39 is 5.76 Å². The lowest BCUT2D eigenvalue weighted by Gasteiger charge is -2.15. The van der Waals surface area contributed by atoms with E-state index in [1.54, 1.807) is 26.6 Å². The number of aromatic nitrogens is 2. The molecule has 0 aliphatic heterocycles. The Morgan fingerprint density at radius 2 is 1.77 bits per heavy atom. The topological polar surface area (TPSA) is 109 Å². The summed E-state index contributed by atoms with van der Waals surface area (Å²) in [6, 6.07) is 13.6. The predicted octanol–water partition coefficient (Wildman–Crippen LogP) is 4.53. The molecule has 0 bridgehead atoms. The first-order valence-electron chi connectivity index (χ1n) is 11.0. The van der Waals surface area contributed by atoms with Gasteiger partial charge in [-0.15, -0.1) is 0 Å². The van der Waals surface area contributed by atoms with Crippen molar-refractivity contribution in [3.8, 4) is 23.1 Å². The van der Waals surface area contributed by atoms with E-state index in [9.17, 15) is 9.90 Å². The maximum absolute atomic E-state index is 11.6. The van der Waals surface area contributed by atoms with Gasteiger partial charge in [-0.05, 0) is 42.2 Å². The minimum absolute atomic E-state index is 0.164. The number of ether oxygens (including phenoxy) is 3. The van der Waals surface area contributed by atoms with Crippen molar-refractivity contribution >= 4 is 12.2 Å². The van der Waals surface area contributed by atoms with Gasteiger partial charge in [-0.3, -0.25) is 0 Å². The zero-order chi connectivity index (χ0) is 24.6. The van der Waals surface area contributed by atoms with Crippen LogP contribution in [0.15, 0.2) is 68.6 Å². The van der Waals surface area contributed by atoms with E-state index in [4.69, 9.17) is 18.6 Å². The van der Waals surface area contributed by atoms with Crippen molar-refractivity contribution in [1.82, 2.24) is 9.55 Å². The molecule has 1 N–H and O–H groups in total. The van der Waals surface area contributed by atoms with Crippen molar-refractivity contribution in [1.29, 1.82) is 0 Å². The van der Waals surface area contributed by atoms with Gasteiger partial charge in [0.15, 0.2) is 17.8 Å². The summed E-state index contributed by atoms with van der Waals surface area (Å²) in [4.78, 5) is 16.0. The third kappa shape index (κ3) is 5.94. The van der Waals surface area contributed by atoms with Crippen LogP contribution >= 0.6 is 0 Å². The van der Waals surface area contributed by atoms with Gasteiger partial charge in [0.2, 0.25) is 17.5 Å². The summed E-state index contributed by atoms with van der Waals surface area (Å²) in [6.07, 6.45) is 7.50. The Hall–Kier alpha value is -4.40. The van der Waals surface area contributed by atoms with Crippen molar-refractivity contribution in [2.75, 3.05) is 14.2 Å². The van der Waals surface area contributed by atoms with E-state index in [1.165, 1.54) is 4.57 Å². The molecule has 2 aromatic carbocycles. The van der Waals surface area contributed by atoms with Crippen LogP contribution in [0.1, 0.15) is 29.1 Å². The van der Waals surface area contributed by atoms with Crippen LogP contribution in [0.3, 0.4) is 0 Å². The summed E-state index contributed by atoms with van der Waals surface area (Å²) in [6.45, 7) is 0.481. The van der Waals surface area contributed by atoms with Gasteiger partial charge in [-0.25, -0.2) is 14.3 Å². The number of rotatable bonds is 11. The Labute approximate surface area is 201 Å². The zero-order valence-electron chi connectivity index (χ0n) is 19.5. The highest BCUT2D eigenvalue weighted by molar-refractivity contribution is 5.65. The summed E-state index contributed by atoms with van der Waals surface area (Å²) in [5.74, 6) is 1.16. The third-order valence-corrected chi connectivity index (χ3v) is 5.28. The molecule has 35 heavy (non-hydrogen) atoms. The first-order valence-corrected chi connectivity index (χ1v) is 11.0. The smallest absolute Gasteiger partial charge is 0.421 e. The summed E-state index contributed by atoms with van der Waals surface area (Å²) >= 11 is 0. The van der Waals surface area contributed by atoms with E-state index in [-0.39, 0.29) is 12.5 Å². The lowest BCUT2D eigenvalue weighted by molar-refractivity contribution is 0.262. The molecule has 0 atom stereocenters. The Morgan fingerprint density at radius 1 is 1.03 bits per heavy atom. The minimum atomic E-state index is -0.590. The van der Waals surface area contributed by atoms with Crippen LogP contribution in [0.2, 0.25) is 0 Å². The molecule has 0 spiro atoms. The standard InChI is InChI=1S/C26H26N2O7/c1-31-21-13-19(9-6-12-28-24(29)17-35-26(28)30)14-22(32-2)25(21)34-16-20-15-33-23(27-20)11-10-18-7-4-3-5-8-18/h3-5,7-8,10-11,13-15,17,29H,6,9,12,16H2,1-2H3. The molecule has 2 heterocycles. The Kier molecular flexibility index (Phi) is 7.57. The van der Waals surface area contributed by atoms with Crippen molar-refractivity contribution in [3.05, 3.63) is 88.3 Å². The fourth-order valence-corrected chi connectivity index (χ4v) is 3.54. The molecule has 2 aromatic heterocycles. The number of aromatic hydroxyl groups is 1. The quantitative estimate of drug-likeness (QED) is 0.335. The van der Waals surface area contributed by atoms with Crippen LogP contribution in [0.4, 0.5) is 0 Å². The largest absolute Gasteiger partial charge is 0.493 e. The third-order valence-electron chi connectivity index (χ3n) is 5.28. The molecule has 0 aliphatic rings. The summed E-state index contributed by atoms with van der Waals surface area (Å²) in [7, 11) is 3.11. The lowest BCUT2D eigenvalue weighted by atomic mass is 10.1. The normalized spacial score (nSPS) is 11.1. The van der Waals surface area contributed by atoms with Crippen LogP contribution in [0, 0.1) is 0 Å². The molecular weight excluding hydrogens is 452 g/mol. The summed E-state index contributed by atoms with van der Waals surface area (Å²) in [5.41, 5.74) is 2.60. The van der Waals surface area contributed by atoms with Gasteiger partial charge in [-0.1, -0.05) is 30.3 Å². The van der Waals surface area contributed by atoms with E-state index in [2.05, 4.69) is 9.40 Å². The van der Waals surface area contributed by atoms with Gasteiger partial charge < -0.3 is 28.2 Å². The van der Waals surface area contributed by atoms with Crippen molar-refractivity contribution in [2.45, 2.75) is 26.0 Å². The van der Waals surface area contributed by atoms with E-state index in [0.717, 1.165) is 17.4 Å². The van der Waals surface area contributed by atoms with E-state index in [0.29, 0.717) is 48.2 Å². The van der Waals surface area contributed by atoms with Gasteiger partial charge in [0.1, 0.15) is 18.6 Å². The number of hydrogen-bond donors (Lipinski definition) is 1. The van der Waals surface area contributed by atoms with Crippen LogP contribution in [-0.2, 0) is 19.6 Å². The molecular formula is C26H26N2O7. The lowest BCUT2D eigenvalue weighted by Crippen LogP contribution is -2.14. The molecule has 0 unspecified atom stereocenters. The summed E-state index contributed by atoms with van der Waals surface area (Å²) in [5, 5.41) is 9.66. The summed E-state index contributed by atoms with van der Waals surface area (Å²) < 4.78 is 28.4. The van der Waals surface area contributed by atoms with Crippen LogP contribution in [0.25, 0.3) is 12.2 Å². The minimum Gasteiger partial charge on any atom is -0.493 e. The Balaban J connectivity index is 1.40. The number of methoxy groups -OCH3 is 2. The Bertz CT molecular complexity index is 1310. The van der Waals surface area contributed by atoms with Crippen LogP contribution in [0.5, 0.6) is 23.1 Å². The Morgan fingerprint density at radius 3 is 2.43 bits per heavy atom. The first-order chi connectivity index (χ1) is 17.1. The fourth-order valence-electron chi connectivity index (χ4n) is 3.54. The van der Waals surface area contributed by atoms with Gasteiger partial charge in [-0.2, -0.15) is 0 Å². The maximum Gasteiger partial charge on any atom is 0.421 e. The molecule has 4 rings (SSSR count). The number of nitrogens with zero attached hydrogens (tertiary/aromatic N) is 2. The monoisotopic (exact) mass is 478 g/mol. The average Bonchev–Trinajstić information content (AvgIpc) is 3.48. The molecule has 0 radical (unpaired) electrons. The van der Waals surface area contributed by atoms with Gasteiger partial charge >= 0.3 is 5.76 Å². The van der Waals surface area contributed by atoms with E-state index >= 15 is 0 Å². The fraction of sp³-hybridized carbons (Fsp3) is 0.231. The molecule has 0 saturated carbocycles. The van der Waals surface area contributed by atoms with Gasteiger partial charge in [0.25, 0.3) is 0 Å². The molecule has 9 nitrogen and oxygen atoms in total. The second-order valence-electron chi connectivity index (χ2n) is 7.65. The van der Waals surface area contributed by atoms with Crippen molar-refractivity contribution < 1.29 is 28.2 Å². The van der Waals surface area contributed by atoms with Crippen molar-refractivity contribution in [2.24, 2.45) is 0 Å². The number of aryl methyl sites for hydroxylation is 1. The molecule has 0 fully saturated rings. The molecule has 9 heteroatoms. The molecule has 0 saturated heterocycles. The van der Waals surface area contributed by atoms with Gasteiger partial charge in [0, 0.05) is 12.6 Å². The first kappa shape index (κ1) is 23.7. The number of hydrogen-bond acceptors (Lipinski definition) is 8. The molecule has 4 aromatic rings. The number of benzene rings is 2. The highest BCUT2D eigenvalue weighted by Gasteiger charge is 2.16. The SMILES string of the molecule is COc1cc(CCCn2c(O)coc2=O)cc(OC)c1OCc1coc(C=Cc2ccccc2)n1. The van der Waals surface area contributed by atoms with E-state index in [1.807, 2.05) is 48.5 Å². The van der Waals surface area contributed by atoms with Gasteiger partial charge in [0.05, 0.1) is 14.2 Å². The van der Waals surface area contributed by atoms with Crippen LogP contribution < -0.4 is 20.0 Å². The highest BCUT2D eigenvalue weighted by Crippen LogP contribution is 2.39. The van der Waals surface area contributed by atoms with Crippen molar-refractivity contribution in [3.63, 3.8) is 0 Å². The second kappa shape index (κ2) is 11.1. The molecule has 182 valence electrons. The highest BCUT2D eigenvalue weighted by atomic mass is 16.5. The average molecular weight is 479 g/mol.